The molecule has 0 aliphatic heterocycles. The molecule has 1 aromatic carbocycles. The first-order chi connectivity index (χ1) is 8.74. The Morgan fingerprint density at radius 3 is 2.89 bits per heavy atom. The topological polar surface area (TPSA) is 57.0 Å². The monoisotopic (exact) mass is 241 g/mol. The van der Waals surface area contributed by atoms with Crippen LogP contribution in [0.4, 0.5) is 0 Å². The number of para-hydroxylation sites is 1. The summed E-state index contributed by atoms with van der Waals surface area (Å²) in [5.74, 6) is 0. The third kappa shape index (κ3) is 1.39. The molecule has 0 bridgehead atoms. The zero-order valence-corrected chi connectivity index (χ0v) is 10.5. The van der Waals surface area contributed by atoms with Gasteiger partial charge in [0, 0.05) is 41.3 Å². The number of fused-ring (bicyclic) bond motifs is 1. The van der Waals surface area contributed by atoms with Gasteiger partial charge in [0.15, 0.2) is 0 Å². The molecule has 0 spiro atoms. The smallest absolute Gasteiger partial charge is 0.128 e. The first-order valence-corrected chi connectivity index (χ1v) is 5.91. The van der Waals surface area contributed by atoms with Crippen LogP contribution in [0.1, 0.15) is 11.3 Å². The lowest BCUT2D eigenvalue weighted by atomic mass is 10.0. The molecule has 4 nitrogen and oxygen atoms in total. The Morgan fingerprint density at radius 2 is 2.11 bits per heavy atom. The molecule has 4 heteroatoms. The molecular formula is C14H15N3O. The van der Waals surface area contributed by atoms with Crippen molar-refractivity contribution in [1.29, 1.82) is 0 Å². The molecule has 92 valence electrons. The van der Waals surface area contributed by atoms with E-state index in [-0.39, 0.29) is 0 Å². The van der Waals surface area contributed by atoms with Crippen molar-refractivity contribution in [3.05, 3.63) is 41.8 Å². The van der Waals surface area contributed by atoms with E-state index in [0.29, 0.717) is 6.54 Å². The SMILES string of the molecule is Cc1c(-c2nocc2CN)c2ccccc2n1C. The first-order valence-electron chi connectivity index (χ1n) is 5.91. The van der Waals surface area contributed by atoms with Crippen LogP contribution in [0.25, 0.3) is 22.2 Å². The highest BCUT2D eigenvalue weighted by Crippen LogP contribution is 2.34. The Bertz CT molecular complexity index is 709. The maximum atomic E-state index is 5.73. The fraction of sp³-hybridized carbons (Fsp3) is 0.214. The zero-order valence-electron chi connectivity index (χ0n) is 10.5. The van der Waals surface area contributed by atoms with Gasteiger partial charge in [-0.15, -0.1) is 0 Å². The summed E-state index contributed by atoms with van der Waals surface area (Å²) >= 11 is 0. The lowest BCUT2D eigenvalue weighted by molar-refractivity contribution is 0.421. The van der Waals surface area contributed by atoms with E-state index >= 15 is 0 Å². The molecule has 0 amide bonds. The van der Waals surface area contributed by atoms with Crippen LogP contribution in [0.15, 0.2) is 35.1 Å². The number of aryl methyl sites for hydroxylation is 1. The Hall–Kier alpha value is -2.07. The third-order valence-corrected chi connectivity index (χ3v) is 3.50. The van der Waals surface area contributed by atoms with Gasteiger partial charge in [-0.1, -0.05) is 23.4 Å². The molecule has 0 fully saturated rings. The van der Waals surface area contributed by atoms with E-state index in [1.165, 1.54) is 16.6 Å². The van der Waals surface area contributed by atoms with Crippen molar-refractivity contribution < 1.29 is 4.52 Å². The summed E-state index contributed by atoms with van der Waals surface area (Å²) in [7, 11) is 2.06. The molecule has 2 aromatic heterocycles. The van der Waals surface area contributed by atoms with Crippen LogP contribution in [0.2, 0.25) is 0 Å². The van der Waals surface area contributed by atoms with Crippen molar-refractivity contribution in [2.75, 3.05) is 0 Å². The summed E-state index contributed by atoms with van der Waals surface area (Å²) in [6.07, 6.45) is 1.62. The highest BCUT2D eigenvalue weighted by atomic mass is 16.5. The second-order valence-corrected chi connectivity index (χ2v) is 4.43. The minimum Gasteiger partial charge on any atom is -0.364 e. The molecule has 0 saturated carbocycles. The molecule has 3 aromatic rings. The summed E-state index contributed by atoms with van der Waals surface area (Å²) in [5, 5.41) is 5.29. The van der Waals surface area contributed by atoms with Crippen LogP contribution in [0.5, 0.6) is 0 Å². The Morgan fingerprint density at radius 1 is 1.33 bits per heavy atom. The molecule has 3 rings (SSSR count). The molecule has 0 atom stereocenters. The molecule has 2 heterocycles. The van der Waals surface area contributed by atoms with E-state index in [1.54, 1.807) is 6.26 Å². The van der Waals surface area contributed by atoms with E-state index in [9.17, 15) is 0 Å². The number of nitrogens with zero attached hydrogens (tertiary/aromatic N) is 2. The molecule has 18 heavy (non-hydrogen) atoms. The van der Waals surface area contributed by atoms with Gasteiger partial charge in [0.25, 0.3) is 0 Å². The van der Waals surface area contributed by atoms with Crippen molar-refractivity contribution in [2.24, 2.45) is 12.8 Å². The van der Waals surface area contributed by atoms with E-state index in [0.717, 1.165) is 16.8 Å². The number of rotatable bonds is 2. The van der Waals surface area contributed by atoms with Gasteiger partial charge in [-0.2, -0.15) is 0 Å². The largest absolute Gasteiger partial charge is 0.364 e. The number of nitrogens with two attached hydrogens (primary N) is 1. The molecule has 0 unspecified atom stereocenters. The van der Waals surface area contributed by atoms with Crippen LogP contribution in [0, 0.1) is 6.92 Å². The van der Waals surface area contributed by atoms with Gasteiger partial charge in [0.1, 0.15) is 12.0 Å². The van der Waals surface area contributed by atoms with Crippen LogP contribution in [0.3, 0.4) is 0 Å². The summed E-state index contributed by atoms with van der Waals surface area (Å²) in [6.45, 7) is 2.52. The van der Waals surface area contributed by atoms with Gasteiger partial charge >= 0.3 is 0 Å². The molecule has 0 aliphatic rings. The Balaban J connectivity index is 2.39. The van der Waals surface area contributed by atoms with Gasteiger partial charge in [0.05, 0.1) is 0 Å². The number of aromatic nitrogens is 2. The fourth-order valence-corrected chi connectivity index (χ4v) is 2.43. The van der Waals surface area contributed by atoms with Gasteiger partial charge in [-0.25, -0.2) is 0 Å². The minimum atomic E-state index is 0.432. The van der Waals surface area contributed by atoms with Crippen molar-refractivity contribution in [2.45, 2.75) is 13.5 Å². The quantitative estimate of drug-likeness (QED) is 0.750. The molecule has 0 saturated heterocycles. The van der Waals surface area contributed by atoms with Crippen molar-refractivity contribution in [3.63, 3.8) is 0 Å². The predicted molar refractivity (Wildman–Crippen MR) is 71.0 cm³/mol. The van der Waals surface area contributed by atoms with E-state index < -0.39 is 0 Å². The van der Waals surface area contributed by atoms with Crippen molar-refractivity contribution in [1.82, 2.24) is 9.72 Å². The van der Waals surface area contributed by atoms with Gasteiger partial charge in [0.2, 0.25) is 0 Å². The highest BCUT2D eigenvalue weighted by molar-refractivity contribution is 5.97. The summed E-state index contributed by atoms with van der Waals surface area (Å²) < 4.78 is 7.23. The lowest BCUT2D eigenvalue weighted by Gasteiger charge is -2.00. The third-order valence-electron chi connectivity index (χ3n) is 3.50. The average Bonchev–Trinajstić information content (AvgIpc) is 2.95. The Kier molecular flexibility index (Phi) is 2.45. The second-order valence-electron chi connectivity index (χ2n) is 4.43. The molecular weight excluding hydrogens is 226 g/mol. The number of benzene rings is 1. The molecule has 0 radical (unpaired) electrons. The zero-order chi connectivity index (χ0) is 12.7. The summed E-state index contributed by atoms with van der Waals surface area (Å²) in [5.41, 5.74) is 11.0. The van der Waals surface area contributed by atoms with Crippen molar-refractivity contribution in [3.8, 4) is 11.3 Å². The van der Waals surface area contributed by atoms with Crippen LogP contribution < -0.4 is 5.73 Å². The number of hydrogen-bond acceptors (Lipinski definition) is 3. The predicted octanol–water partition coefficient (Wildman–Crippen LogP) is 2.60. The van der Waals surface area contributed by atoms with E-state index in [1.807, 2.05) is 12.1 Å². The maximum absolute atomic E-state index is 5.73. The maximum Gasteiger partial charge on any atom is 0.128 e. The Labute approximate surface area is 105 Å². The van der Waals surface area contributed by atoms with Gasteiger partial charge in [-0.05, 0) is 13.0 Å². The van der Waals surface area contributed by atoms with Crippen LogP contribution in [-0.4, -0.2) is 9.72 Å². The van der Waals surface area contributed by atoms with Gasteiger partial charge < -0.3 is 14.8 Å². The highest BCUT2D eigenvalue weighted by Gasteiger charge is 2.18. The number of hydrogen-bond donors (Lipinski definition) is 1. The van der Waals surface area contributed by atoms with Gasteiger partial charge in [-0.3, -0.25) is 0 Å². The normalized spacial score (nSPS) is 11.3. The van der Waals surface area contributed by atoms with Crippen LogP contribution in [-0.2, 0) is 13.6 Å². The second kappa shape index (κ2) is 3.99. The standard InChI is InChI=1S/C14H15N3O/c1-9-13(14-10(7-15)8-18-16-14)11-5-3-4-6-12(11)17(9)2/h3-6,8H,7,15H2,1-2H3. The molecule has 2 N–H and O–H groups in total. The first kappa shape index (κ1) is 11.0. The lowest BCUT2D eigenvalue weighted by Crippen LogP contribution is -1.97. The fourth-order valence-electron chi connectivity index (χ4n) is 2.43. The average molecular weight is 241 g/mol. The van der Waals surface area contributed by atoms with E-state index in [2.05, 4.69) is 35.8 Å². The van der Waals surface area contributed by atoms with E-state index in [4.69, 9.17) is 10.3 Å². The summed E-state index contributed by atoms with van der Waals surface area (Å²) in [4.78, 5) is 0. The summed E-state index contributed by atoms with van der Waals surface area (Å²) in [6, 6.07) is 8.28. The minimum absolute atomic E-state index is 0.432. The van der Waals surface area contributed by atoms with Crippen LogP contribution >= 0.6 is 0 Å². The molecule has 0 aliphatic carbocycles. The van der Waals surface area contributed by atoms with Crippen molar-refractivity contribution >= 4 is 10.9 Å².